The molecule has 0 spiro atoms. The summed E-state index contributed by atoms with van der Waals surface area (Å²) in [5.74, 6) is -0.214. The van der Waals surface area contributed by atoms with Crippen LogP contribution >= 0.6 is 0 Å². The summed E-state index contributed by atoms with van der Waals surface area (Å²) in [5.41, 5.74) is 2.40. The van der Waals surface area contributed by atoms with Crippen LogP contribution in [0.5, 0.6) is 0 Å². The van der Waals surface area contributed by atoms with Crippen LogP contribution in [0.2, 0.25) is 0 Å². The van der Waals surface area contributed by atoms with E-state index in [9.17, 15) is 9.59 Å². The van der Waals surface area contributed by atoms with Gasteiger partial charge >= 0.3 is 6.09 Å². The van der Waals surface area contributed by atoms with Crippen molar-refractivity contribution in [3.63, 3.8) is 0 Å². The highest BCUT2D eigenvalue weighted by Crippen LogP contribution is 2.27. The number of carbonyl (C=O) groups excluding carboxylic acids is 2. The van der Waals surface area contributed by atoms with E-state index in [0.717, 1.165) is 16.7 Å². The van der Waals surface area contributed by atoms with E-state index < -0.39 is 42.3 Å². The summed E-state index contributed by atoms with van der Waals surface area (Å²) >= 11 is 0. The number of ether oxygens (including phenoxy) is 5. The summed E-state index contributed by atoms with van der Waals surface area (Å²) < 4.78 is 31.2. The molecule has 1 aliphatic heterocycles. The summed E-state index contributed by atoms with van der Waals surface area (Å²) in [6, 6.07) is 29.0. The normalized spacial score (nSPS) is 20.4. The predicted molar refractivity (Wildman–Crippen MR) is 180 cm³/mol. The molecular formula is C38H50N2O7. The van der Waals surface area contributed by atoms with Gasteiger partial charge < -0.3 is 34.3 Å². The molecule has 3 aromatic carbocycles. The second kappa shape index (κ2) is 18.0. The molecule has 47 heavy (non-hydrogen) atoms. The number of hydrogen-bond acceptors (Lipinski definition) is 7. The maximum atomic E-state index is 13.7. The molecule has 5 atom stereocenters. The van der Waals surface area contributed by atoms with Crippen molar-refractivity contribution in [2.45, 2.75) is 103 Å². The van der Waals surface area contributed by atoms with Crippen molar-refractivity contribution in [1.82, 2.24) is 10.6 Å². The molecule has 1 heterocycles. The van der Waals surface area contributed by atoms with Gasteiger partial charge in [-0.15, -0.1) is 0 Å². The first-order valence-corrected chi connectivity index (χ1v) is 16.4. The van der Waals surface area contributed by atoms with Crippen LogP contribution < -0.4 is 10.6 Å². The summed E-state index contributed by atoms with van der Waals surface area (Å²) in [5, 5.41) is 5.78. The second-order valence-electron chi connectivity index (χ2n) is 13.3. The predicted octanol–water partition coefficient (Wildman–Crippen LogP) is 6.54. The van der Waals surface area contributed by atoms with Crippen molar-refractivity contribution in [2.75, 3.05) is 6.61 Å². The maximum Gasteiger partial charge on any atom is 0.408 e. The molecule has 2 N–H and O–H groups in total. The van der Waals surface area contributed by atoms with Crippen LogP contribution in [0.15, 0.2) is 91.0 Å². The largest absolute Gasteiger partial charge is 0.444 e. The minimum atomic E-state index is -0.808. The Labute approximate surface area is 279 Å². The second-order valence-corrected chi connectivity index (χ2v) is 13.3. The van der Waals surface area contributed by atoms with Crippen LogP contribution in [-0.4, -0.2) is 54.8 Å². The number of nitrogens with one attached hydrogen (secondary N) is 2. The lowest BCUT2D eigenvalue weighted by Crippen LogP contribution is -2.59. The maximum absolute atomic E-state index is 13.7. The molecular weight excluding hydrogens is 596 g/mol. The molecule has 3 aromatic rings. The van der Waals surface area contributed by atoms with Gasteiger partial charge in [-0.25, -0.2) is 4.79 Å². The van der Waals surface area contributed by atoms with Crippen LogP contribution in [0, 0.1) is 5.92 Å². The van der Waals surface area contributed by atoms with Gasteiger partial charge in [0, 0.05) is 6.42 Å². The van der Waals surface area contributed by atoms with Crippen molar-refractivity contribution in [3.8, 4) is 0 Å². The lowest BCUT2D eigenvalue weighted by Gasteiger charge is -2.42. The van der Waals surface area contributed by atoms with E-state index in [1.54, 1.807) is 20.8 Å². The van der Waals surface area contributed by atoms with Gasteiger partial charge in [0.25, 0.3) is 0 Å². The highest BCUT2D eigenvalue weighted by atomic mass is 16.6. The van der Waals surface area contributed by atoms with E-state index in [2.05, 4.69) is 10.6 Å². The fourth-order valence-electron chi connectivity index (χ4n) is 5.36. The van der Waals surface area contributed by atoms with E-state index in [0.29, 0.717) is 32.7 Å². The molecule has 2 amide bonds. The van der Waals surface area contributed by atoms with Crippen molar-refractivity contribution >= 4 is 12.0 Å². The minimum absolute atomic E-state index is 0.143. The zero-order chi connectivity index (χ0) is 33.6. The first kappa shape index (κ1) is 36.1. The Balaban J connectivity index is 1.53. The quantitative estimate of drug-likeness (QED) is 0.193. The molecule has 9 nitrogen and oxygen atoms in total. The van der Waals surface area contributed by atoms with E-state index in [1.165, 1.54) is 0 Å². The van der Waals surface area contributed by atoms with Crippen LogP contribution in [-0.2, 0) is 48.3 Å². The molecule has 4 rings (SSSR count). The zero-order valence-corrected chi connectivity index (χ0v) is 28.2. The van der Waals surface area contributed by atoms with E-state index >= 15 is 0 Å². The third-order valence-electron chi connectivity index (χ3n) is 7.52. The average molecular weight is 647 g/mol. The van der Waals surface area contributed by atoms with Gasteiger partial charge in [0.1, 0.15) is 30.1 Å². The van der Waals surface area contributed by atoms with Gasteiger partial charge in [-0.2, -0.15) is 0 Å². The van der Waals surface area contributed by atoms with Gasteiger partial charge in [-0.3, -0.25) is 4.79 Å². The van der Waals surface area contributed by atoms with Gasteiger partial charge in [0.15, 0.2) is 0 Å². The molecule has 0 saturated carbocycles. The molecule has 0 aliphatic carbocycles. The molecule has 0 bridgehead atoms. The van der Waals surface area contributed by atoms with Crippen molar-refractivity contribution in [1.29, 1.82) is 0 Å². The smallest absolute Gasteiger partial charge is 0.408 e. The minimum Gasteiger partial charge on any atom is -0.444 e. The third-order valence-corrected chi connectivity index (χ3v) is 7.52. The Morgan fingerprint density at radius 1 is 0.809 bits per heavy atom. The van der Waals surface area contributed by atoms with Gasteiger partial charge in [0.05, 0.1) is 32.5 Å². The molecule has 1 saturated heterocycles. The van der Waals surface area contributed by atoms with Crippen LogP contribution in [0.4, 0.5) is 4.79 Å². The number of hydrogen-bond donors (Lipinski definition) is 2. The number of amides is 2. The standard InChI is InChI=1S/C38H50N2O7/c1-27(2)21-31(39-37(42)47-38(3,4)5)36(41)40-34-22-32(44-24-29-17-11-7-12-18-29)35(45-25-30-19-13-8-14-20-30)33(46-34)26-43-23-28-15-9-6-10-16-28/h6-20,27,31-35H,21-26H2,1-5H3,(H,39,42)(H,40,41)/t31-,32+,33+,34+,35+/m0/s1. The summed E-state index contributed by atoms with van der Waals surface area (Å²) in [6.07, 6.45) is -2.04. The topological polar surface area (TPSA) is 104 Å². The Hall–Kier alpha value is -3.76. The van der Waals surface area contributed by atoms with Crippen molar-refractivity contribution < 1.29 is 33.3 Å². The zero-order valence-electron chi connectivity index (χ0n) is 28.2. The fourth-order valence-corrected chi connectivity index (χ4v) is 5.36. The van der Waals surface area contributed by atoms with Crippen LogP contribution in [0.1, 0.15) is 64.2 Å². The van der Waals surface area contributed by atoms with Gasteiger partial charge in [0.2, 0.25) is 5.91 Å². The molecule has 1 fully saturated rings. The van der Waals surface area contributed by atoms with Crippen molar-refractivity contribution in [2.24, 2.45) is 5.92 Å². The summed E-state index contributed by atoms with van der Waals surface area (Å²) in [6.45, 7) is 10.7. The lowest BCUT2D eigenvalue weighted by molar-refractivity contribution is -0.225. The molecule has 0 unspecified atom stereocenters. The highest BCUT2D eigenvalue weighted by molar-refractivity contribution is 5.85. The Bertz CT molecular complexity index is 1350. The van der Waals surface area contributed by atoms with Crippen LogP contribution in [0.3, 0.4) is 0 Å². The molecule has 254 valence electrons. The van der Waals surface area contributed by atoms with E-state index in [1.807, 2.05) is 105 Å². The molecule has 0 aromatic heterocycles. The SMILES string of the molecule is CC(C)C[C@H](NC(=O)OC(C)(C)C)C(=O)N[C@H]1C[C@@H](OCc2ccccc2)[C@@H](OCc2ccccc2)[C@@H](COCc2ccccc2)O1. The van der Waals surface area contributed by atoms with Gasteiger partial charge in [-0.1, -0.05) is 105 Å². The molecule has 1 aliphatic rings. The number of rotatable bonds is 15. The first-order chi connectivity index (χ1) is 22.6. The Kier molecular flexibility index (Phi) is 13.8. The van der Waals surface area contributed by atoms with Crippen LogP contribution in [0.25, 0.3) is 0 Å². The highest BCUT2D eigenvalue weighted by Gasteiger charge is 2.42. The average Bonchev–Trinajstić information content (AvgIpc) is 3.03. The number of benzene rings is 3. The molecule has 9 heteroatoms. The van der Waals surface area contributed by atoms with Gasteiger partial charge in [-0.05, 0) is 49.8 Å². The first-order valence-electron chi connectivity index (χ1n) is 16.4. The summed E-state index contributed by atoms with van der Waals surface area (Å²) in [4.78, 5) is 26.3. The van der Waals surface area contributed by atoms with E-state index in [-0.39, 0.29) is 18.4 Å². The van der Waals surface area contributed by atoms with Crippen molar-refractivity contribution in [3.05, 3.63) is 108 Å². The monoisotopic (exact) mass is 646 g/mol. The Morgan fingerprint density at radius 3 is 1.87 bits per heavy atom. The lowest BCUT2D eigenvalue weighted by atomic mass is 9.99. The fraction of sp³-hybridized carbons (Fsp3) is 0.474. The third kappa shape index (κ3) is 12.8. The number of carbonyl (C=O) groups is 2. The molecule has 0 radical (unpaired) electrons. The van der Waals surface area contributed by atoms with E-state index in [4.69, 9.17) is 23.7 Å². The number of alkyl carbamates (subject to hydrolysis) is 1. The summed E-state index contributed by atoms with van der Waals surface area (Å²) in [7, 11) is 0. The Morgan fingerprint density at radius 2 is 1.34 bits per heavy atom.